The third-order valence-corrected chi connectivity index (χ3v) is 5.32. The van der Waals surface area contributed by atoms with Crippen LogP contribution in [-0.2, 0) is 10.0 Å². The van der Waals surface area contributed by atoms with Crippen molar-refractivity contribution < 1.29 is 17.7 Å². The number of piperazine rings is 1. The molecular formula is C13H14FN3O4S. The lowest BCUT2D eigenvalue weighted by atomic mass is 10.3. The van der Waals surface area contributed by atoms with Crippen LogP contribution in [0.2, 0.25) is 0 Å². The standard InChI is InChI=1S/C13H14FN3O4S/c1-2-5-15-6-8-16(9-7-15)22(20,21)13-4-3-11(17(18)19)10-12(13)14/h1,3-4,10H,5-9H2. The Morgan fingerprint density at radius 2 is 1.95 bits per heavy atom. The zero-order chi connectivity index (χ0) is 16.3. The van der Waals surface area contributed by atoms with E-state index in [1.165, 1.54) is 0 Å². The number of hydrogen-bond donors (Lipinski definition) is 0. The van der Waals surface area contributed by atoms with Crippen LogP contribution >= 0.6 is 0 Å². The van der Waals surface area contributed by atoms with E-state index in [0.717, 1.165) is 16.4 Å². The molecule has 0 bridgehead atoms. The molecule has 0 aromatic heterocycles. The summed E-state index contributed by atoms with van der Waals surface area (Å²) in [6.45, 7) is 1.73. The normalized spacial score (nSPS) is 17.1. The molecule has 1 aliphatic rings. The van der Waals surface area contributed by atoms with Crippen LogP contribution in [-0.4, -0.2) is 55.3 Å². The zero-order valence-corrected chi connectivity index (χ0v) is 12.4. The van der Waals surface area contributed by atoms with Crippen molar-refractivity contribution in [3.8, 4) is 12.3 Å². The first-order valence-corrected chi connectivity index (χ1v) is 7.90. The van der Waals surface area contributed by atoms with E-state index in [0.29, 0.717) is 25.7 Å². The summed E-state index contributed by atoms with van der Waals surface area (Å²) < 4.78 is 39.9. The van der Waals surface area contributed by atoms with Gasteiger partial charge in [0.15, 0.2) is 0 Å². The Balaban J connectivity index is 2.21. The van der Waals surface area contributed by atoms with E-state index in [2.05, 4.69) is 5.92 Å². The maximum absolute atomic E-state index is 13.9. The van der Waals surface area contributed by atoms with Gasteiger partial charge in [0.2, 0.25) is 10.0 Å². The first-order valence-electron chi connectivity index (χ1n) is 6.46. The van der Waals surface area contributed by atoms with Gasteiger partial charge in [0.1, 0.15) is 10.7 Å². The summed E-state index contributed by atoms with van der Waals surface area (Å²) in [4.78, 5) is 11.2. The van der Waals surface area contributed by atoms with Crippen LogP contribution in [0.1, 0.15) is 0 Å². The van der Waals surface area contributed by atoms with Crippen LogP contribution in [0, 0.1) is 28.3 Å². The summed E-state index contributed by atoms with van der Waals surface area (Å²) in [5.74, 6) is 1.36. The summed E-state index contributed by atoms with van der Waals surface area (Å²) in [5.41, 5.74) is -0.490. The third kappa shape index (κ3) is 3.24. The molecule has 1 saturated heterocycles. The average Bonchev–Trinajstić information content (AvgIpc) is 2.47. The number of terminal acetylenes is 1. The molecule has 0 radical (unpaired) electrons. The van der Waals surface area contributed by atoms with Gasteiger partial charge in [-0.05, 0) is 6.07 Å². The number of nitrogens with zero attached hydrogens (tertiary/aromatic N) is 3. The molecule has 0 saturated carbocycles. The number of benzene rings is 1. The van der Waals surface area contributed by atoms with E-state index >= 15 is 0 Å². The van der Waals surface area contributed by atoms with Crippen molar-refractivity contribution in [2.24, 2.45) is 0 Å². The van der Waals surface area contributed by atoms with E-state index in [1.807, 2.05) is 4.90 Å². The molecule has 0 aliphatic carbocycles. The summed E-state index contributed by atoms with van der Waals surface area (Å²) >= 11 is 0. The molecule has 1 fully saturated rings. The molecule has 0 amide bonds. The second-order valence-electron chi connectivity index (χ2n) is 4.76. The van der Waals surface area contributed by atoms with Gasteiger partial charge in [-0.25, -0.2) is 12.8 Å². The molecule has 1 aromatic carbocycles. The van der Waals surface area contributed by atoms with Gasteiger partial charge in [0, 0.05) is 32.2 Å². The molecule has 118 valence electrons. The smallest absolute Gasteiger partial charge is 0.272 e. The number of halogens is 1. The van der Waals surface area contributed by atoms with Gasteiger partial charge >= 0.3 is 0 Å². The second kappa shape index (κ2) is 6.39. The molecule has 9 heteroatoms. The van der Waals surface area contributed by atoms with Crippen molar-refractivity contribution in [3.63, 3.8) is 0 Å². The highest BCUT2D eigenvalue weighted by atomic mass is 32.2. The van der Waals surface area contributed by atoms with Crippen LogP contribution in [0.25, 0.3) is 0 Å². The number of sulfonamides is 1. The topological polar surface area (TPSA) is 83.8 Å². The Hall–Kier alpha value is -2.02. The summed E-state index contributed by atoms with van der Waals surface area (Å²) in [6.07, 6.45) is 5.20. The number of hydrogen-bond acceptors (Lipinski definition) is 5. The molecule has 22 heavy (non-hydrogen) atoms. The minimum absolute atomic E-state index is 0.195. The molecule has 1 heterocycles. The molecule has 0 atom stereocenters. The average molecular weight is 327 g/mol. The first-order chi connectivity index (χ1) is 10.4. The third-order valence-electron chi connectivity index (χ3n) is 3.39. The molecule has 0 spiro atoms. The lowest BCUT2D eigenvalue weighted by Crippen LogP contribution is -2.48. The fourth-order valence-corrected chi connectivity index (χ4v) is 3.68. The molecule has 7 nitrogen and oxygen atoms in total. The number of nitro groups is 1. The Bertz CT molecular complexity index is 721. The quantitative estimate of drug-likeness (QED) is 0.461. The monoisotopic (exact) mass is 327 g/mol. The van der Waals surface area contributed by atoms with Crippen molar-refractivity contribution in [1.29, 1.82) is 0 Å². The lowest BCUT2D eigenvalue weighted by Gasteiger charge is -2.32. The van der Waals surface area contributed by atoms with E-state index in [4.69, 9.17) is 6.42 Å². The van der Waals surface area contributed by atoms with Crippen LogP contribution < -0.4 is 0 Å². The number of nitro benzene ring substituents is 1. The van der Waals surface area contributed by atoms with Gasteiger partial charge in [0.05, 0.1) is 17.5 Å². The summed E-state index contributed by atoms with van der Waals surface area (Å²) in [6, 6.07) is 2.52. The van der Waals surface area contributed by atoms with Gasteiger partial charge in [-0.1, -0.05) is 5.92 Å². The SMILES string of the molecule is C#CCN1CCN(S(=O)(=O)c2ccc([N+](=O)[O-])cc2F)CC1. The highest BCUT2D eigenvalue weighted by molar-refractivity contribution is 7.89. The highest BCUT2D eigenvalue weighted by Gasteiger charge is 2.31. The van der Waals surface area contributed by atoms with E-state index in [9.17, 15) is 22.9 Å². The van der Waals surface area contributed by atoms with E-state index in [-0.39, 0.29) is 13.1 Å². The van der Waals surface area contributed by atoms with E-state index in [1.54, 1.807) is 0 Å². The van der Waals surface area contributed by atoms with Crippen LogP contribution in [0.3, 0.4) is 0 Å². The molecule has 1 aromatic rings. The number of non-ortho nitro benzene ring substituents is 1. The van der Waals surface area contributed by atoms with Gasteiger partial charge < -0.3 is 0 Å². The van der Waals surface area contributed by atoms with Crippen molar-refractivity contribution >= 4 is 15.7 Å². The predicted octanol–water partition coefficient (Wildman–Crippen LogP) is 0.673. The van der Waals surface area contributed by atoms with E-state index < -0.39 is 31.3 Å². The van der Waals surface area contributed by atoms with Crippen molar-refractivity contribution in [2.75, 3.05) is 32.7 Å². The largest absolute Gasteiger partial charge is 0.290 e. The molecule has 2 rings (SSSR count). The van der Waals surface area contributed by atoms with Crippen LogP contribution in [0.5, 0.6) is 0 Å². The Labute approximate surface area is 127 Å². The van der Waals surface area contributed by atoms with Crippen molar-refractivity contribution in [2.45, 2.75) is 4.90 Å². The highest BCUT2D eigenvalue weighted by Crippen LogP contribution is 2.24. The Kier molecular flexibility index (Phi) is 4.75. The van der Waals surface area contributed by atoms with Crippen molar-refractivity contribution in [1.82, 2.24) is 9.21 Å². The Morgan fingerprint density at radius 1 is 1.32 bits per heavy atom. The van der Waals surface area contributed by atoms with Gasteiger partial charge in [-0.2, -0.15) is 4.31 Å². The molecule has 0 N–H and O–H groups in total. The molecule has 1 aliphatic heterocycles. The summed E-state index contributed by atoms with van der Waals surface area (Å²) in [5, 5.41) is 10.6. The number of rotatable bonds is 4. The van der Waals surface area contributed by atoms with Crippen molar-refractivity contribution in [3.05, 3.63) is 34.1 Å². The van der Waals surface area contributed by atoms with Gasteiger partial charge in [0.25, 0.3) is 5.69 Å². The second-order valence-corrected chi connectivity index (χ2v) is 6.66. The zero-order valence-electron chi connectivity index (χ0n) is 11.6. The minimum Gasteiger partial charge on any atom is -0.290 e. The minimum atomic E-state index is -4.02. The lowest BCUT2D eigenvalue weighted by molar-refractivity contribution is -0.385. The molecular weight excluding hydrogens is 313 g/mol. The first kappa shape index (κ1) is 16.4. The van der Waals surface area contributed by atoms with Crippen LogP contribution in [0.15, 0.2) is 23.1 Å². The predicted molar refractivity (Wildman–Crippen MR) is 77.1 cm³/mol. The van der Waals surface area contributed by atoms with Gasteiger partial charge in [-0.3, -0.25) is 15.0 Å². The molecule has 0 unspecified atom stereocenters. The fourth-order valence-electron chi connectivity index (χ4n) is 2.21. The van der Waals surface area contributed by atoms with Crippen LogP contribution in [0.4, 0.5) is 10.1 Å². The Morgan fingerprint density at radius 3 is 2.45 bits per heavy atom. The summed E-state index contributed by atoms with van der Waals surface area (Å²) in [7, 11) is -4.02. The maximum atomic E-state index is 13.9. The maximum Gasteiger partial charge on any atom is 0.272 e. The fraction of sp³-hybridized carbons (Fsp3) is 0.385. The van der Waals surface area contributed by atoms with Gasteiger partial charge in [-0.15, -0.1) is 6.42 Å².